The van der Waals surface area contributed by atoms with Gasteiger partial charge < -0.3 is 19.2 Å². The van der Waals surface area contributed by atoms with Crippen molar-refractivity contribution in [3.05, 3.63) is 42.5 Å². The molecule has 0 spiro atoms. The Kier molecular flexibility index (Phi) is 4.23. The Morgan fingerprint density at radius 1 is 1.24 bits per heavy atom. The van der Waals surface area contributed by atoms with Crippen LogP contribution < -0.4 is 14.8 Å². The van der Waals surface area contributed by atoms with E-state index >= 15 is 0 Å². The molecular weight excluding hydrogens is 340 g/mol. The van der Waals surface area contributed by atoms with E-state index in [1.807, 2.05) is 31.2 Å². The summed E-state index contributed by atoms with van der Waals surface area (Å²) >= 11 is 1.32. The van der Waals surface area contributed by atoms with Gasteiger partial charge in [-0.1, -0.05) is 30.8 Å². The lowest BCUT2D eigenvalue weighted by molar-refractivity contribution is -0.115. The minimum Gasteiger partial charge on any atom is -0.454 e. The lowest BCUT2D eigenvalue weighted by Crippen LogP contribution is -2.24. The summed E-state index contributed by atoms with van der Waals surface area (Å²) in [7, 11) is 0. The highest BCUT2D eigenvalue weighted by Gasteiger charge is 2.22. The molecule has 1 aliphatic heterocycles. The van der Waals surface area contributed by atoms with Crippen LogP contribution in [0, 0.1) is 0 Å². The predicted octanol–water partition coefficient (Wildman–Crippen LogP) is 4.07. The van der Waals surface area contributed by atoms with Crippen molar-refractivity contribution >= 4 is 34.5 Å². The number of nitrogens with one attached hydrogen (secondary N) is 1. The smallest absolute Gasteiger partial charge is 0.257 e. The van der Waals surface area contributed by atoms with Crippen molar-refractivity contribution in [3.63, 3.8) is 0 Å². The van der Waals surface area contributed by atoms with Crippen LogP contribution in [0.2, 0.25) is 0 Å². The van der Waals surface area contributed by atoms with E-state index in [1.165, 1.54) is 11.8 Å². The molecule has 0 fully saturated rings. The highest BCUT2D eigenvalue weighted by atomic mass is 32.2. The fourth-order valence-electron chi connectivity index (χ4n) is 2.54. The van der Waals surface area contributed by atoms with E-state index in [4.69, 9.17) is 13.9 Å². The van der Waals surface area contributed by atoms with Gasteiger partial charge in [0.2, 0.25) is 12.7 Å². The number of fused-ring (bicyclic) bond motifs is 2. The zero-order valence-electron chi connectivity index (χ0n) is 13.5. The highest BCUT2D eigenvalue weighted by Crippen LogP contribution is 2.35. The van der Waals surface area contributed by atoms with Gasteiger partial charge >= 0.3 is 0 Å². The van der Waals surface area contributed by atoms with Gasteiger partial charge in [-0.15, -0.1) is 0 Å². The summed E-state index contributed by atoms with van der Waals surface area (Å²) in [5.41, 5.74) is 2.18. The Morgan fingerprint density at radius 3 is 2.92 bits per heavy atom. The number of thioether (sulfide) groups is 1. The SMILES string of the molecule is CCC(Sc1nc2ccccc2o1)C(=O)Nc1ccc2c(c1)OCO2. The number of ether oxygens (including phenoxy) is 2. The molecule has 1 unspecified atom stereocenters. The van der Waals surface area contributed by atoms with Crippen molar-refractivity contribution in [1.82, 2.24) is 4.98 Å². The Balaban J connectivity index is 1.47. The van der Waals surface area contributed by atoms with Gasteiger partial charge in [-0.2, -0.15) is 0 Å². The van der Waals surface area contributed by atoms with Crippen molar-refractivity contribution in [3.8, 4) is 11.5 Å². The van der Waals surface area contributed by atoms with Crippen LogP contribution >= 0.6 is 11.8 Å². The number of aromatic nitrogens is 1. The van der Waals surface area contributed by atoms with Gasteiger partial charge in [0.15, 0.2) is 17.1 Å². The van der Waals surface area contributed by atoms with E-state index in [1.54, 1.807) is 18.2 Å². The number of para-hydroxylation sites is 2. The lowest BCUT2D eigenvalue weighted by atomic mass is 10.2. The zero-order chi connectivity index (χ0) is 17.2. The lowest BCUT2D eigenvalue weighted by Gasteiger charge is -2.13. The number of amides is 1. The van der Waals surface area contributed by atoms with Crippen LogP contribution in [0.1, 0.15) is 13.3 Å². The molecule has 7 heteroatoms. The van der Waals surface area contributed by atoms with Crippen LogP contribution in [-0.4, -0.2) is 22.9 Å². The molecule has 25 heavy (non-hydrogen) atoms. The first-order chi connectivity index (χ1) is 12.2. The molecule has 4 rings (SSSR count). The molecule has 0 aliphatic carbocycles. The average Bonchev–Trinajstić information content (AvgIpc) is 3.24. The van der Waals surface area contributed by atoms with Crippen LogP contribution in [0.3, 0.4) is 0 Å². The summed E-state index contributed by atoms with van der Waals surface area (Å²) in [5, 5.41) is 3.10. The molecule has 0 bridgehead atoms. The van der Waals surface area contributed by atoms with Gasteiger partial charge in [0.1, 0.15) is 5.52 Å². The maximum absolute atomic E-state index is 12.6. The third kappa shape index (κ3) is 3.28. The number of oxazole rings is 1. The number of carbonyl (C=O) groups excluding carboxylic acids is 1. The largest absolute Gasteiger partial charge is 0.454 e. The Morgan fingerprint density at radius 2 is 2.08 bits per heavy atom. The maximum Gasteiger partial charge on any atom is 0.257 e. The first-order valence-electron chi connectivity index (χ1n) is 7.95. The van der Waals surface area contributed by atoms with E-state index in [-0.39, 0.29) is 18.0 Å². The number of anilines is 1. The molecule has 3 aromatic rings. The fourth-order valence-corrected chi connectivity index (χ4v) is 3.41. The van der Waals surface area contributed by atoms with Crippen molar-refractivity contribution < 1.29 is 18.7 Å². The summed E-state index contributed by atoms with van der Waals surface area (Å²) in [6.07, 6.45) is 0.653. The molecule has 2 aromatic carbocycles. The number of rotatable bonds is 5. The standard InChI is InChI=1S/C18H16N2O4S/c1-2-16(25-18-20-12-5-3-4-6-13(12)24-18)17(21)19-11-7-8-14-15(9-11)23-10-22-14/h3-9,16H,2,10H2,1H3,(H,19,21). The van der Waals surface area contributed by atoms with Crippen molar-refractivity contribution in [2.45, 2.75) is 23.8 Å². The number of nitrogens with zero attached hydrogens (tertiary/aromatic N) is 1. The highest BCUT2D eigenvalue weighted by molar-refractivity contribution is 8.00. The average molecular weight is 356 g/mol. The summed E-state index contributed by atoms with van der Waals surface area (Å²) < 4.78 is 16.3. The second kappa shape index (κ2) is 6.68. The van der Waals surface area contributed by atoms with Gasteiger partial charge in [-0.05, 0) is 30.7 Å². The van der Waals surface area contributed by atoms with E-state index in [0.29, 0.717) is 28.8 Å². The Hall–Kier alpha value is -2.67. The second-order valence-electron chi connectivity index (χ2n) is 5.52. The number of benzene rings is 2. The summed E-state index contributed by atoms with van der Waals surface area (Å²) in [5.74, 6) is 1.22. The van der Waals surface area contributed by atoms with Crippen LogP contribution in [0.25, 0.3) is 11.1 Å². The normalized spacial score (nSPS) is 13.8. The van der Waals surface area contributed by atoms with Crippen LogP contribution in [0.5, 0.6) is 11.5 Å². The Labute approximate surface area is 148 Å². The van der Waals surface area contributed by atoms with Gasteiger partial charge in [-0.25, -0.2) is 4.98 Å². The van der Waals surface area contributed by atoms with E-state index in [2.05, 4.69) is 10.3 Å². The van der Waals surface area contributed by atoms with Crippen molar-refractivity contribution in [2.75, 3.05) is 12.1 Å². The third-order valence-corrected chi connectivity index (χ3v) is 5.03. The first kappa shape index (κ1) is 15.8. The summed E-state index contributed by atoms with van der Waals surface area (Å²) in [6.45, 7) is 2.16. The second-order valence-corrected chi connectivity index (χ2v) is 6.67. The Bertz CT molecular complexity index is 891. The minimum atomic E-state index is -0.307. The molecule has 1 aromatic heterocycles. The van der Waals surface area contributed by atoms with Gasteiger partial charge in [0.25, 0.3) is 5.22 Å². The minimum absolute atomic E-state index is 0.103. The number of hydrogen-bond acceptors (Lipinski definition) is 6. The molecule has 6 nitrogen and oxygen atoms in total. The molecule has 128 valence electrons. The first-order valence-corrected chi connectivity index (χ1v) is 8.83. The van der Waals surface area contributed by atoms with Crippen LogP contribution in [0.4, 0.5) is 5.69 Å². The van der Waals surface area contributed by atoms with Gasteiger partial charge in [0, 0.05) is 11.8 Å². The number of carbonyl (C=O) groups is 1. The predicted molar refractivity (Wildman–Crippen MR) is 95.1 cm³/mol. The zero-order valence-corrected chi connectivity index (χ0v) is 14.3. The topological polar surface area (TPSA) is 73.6 Å². The maximum atomic E-state index is 12.6. The van der Waals surface area contributed by atoms with E-state index in [0.717, 1.165) is 11.1 Å². The third-order valence-electron chi connectivity index (χ3n) is 3.82. The fraction of sp³-hybridized carbons (Fsp3) is 0.222. The van der Waals surface area contributed by atoms with Crippen LogP contribution in [-0.2, 0) is 4.79 Å². The molecule has 0 saturated heterocycles. The molecule has 1 aliphatic rings. The summed E-state index contributed by atoms with van der Waals surface area (Å²) in [4.78, 5) is 17.0. The number of hydrogen-bond donors (Lipinski definition) is 1. The molecule has 1 atom stereocenters. The molecule has 1 amide bonds. The monoisotopic (exact) mass is 356 g/mol. The molecule has 0 saturated carbocycles. The molecule has 2 heterocycles. The van der Waals surface area contributed by atoms with Crippen molar-refractivity contribution in [1.29, 1.82) is 0 Å². The van der Waals surface area contributed by atoms with Crippen molar-refractivity contribution in [2.24, 2.45) is 0 Å². The van der Waals surface area contributed by atoms with Crippen LogP contribution in [0.15, 0.2) is 52.1 Å². The van der Waals surface area contributed by atoms with Gasteiger partial charge in [-0.3, -0.25) is 4.79 Å². The van der Waals surface area contributed by atoms with E-state index < -0.39 is 0 Å². The molecule has 0 radical (unpaired) electrons. The quantitative estimate of drug-likeness (QED) is 0.695. The molecular formula is C18H16N2O4S. The van der Waals surface area contributed by atoms with Gasteiger partial charge in [0.05, 0.1) is 5.25 Å². The van der Waals surface area contributed by atoms with E-state index in [9.17, 15) is 4.79 Å². The summed E-state index contributed by atoms with van der Waals surface area (Å²) in [6, 6.07) is 12.9. The molecule has 1 N–H and O–H groups in total.